The highest BCUT2D eigenvalue weighted by Crippen LogP contribution is 2.44. The van der Waals surface area contributed by atoms with E-state index in [9.17, 15) is 19.5 Å². The van der Waals surface area contributed by atoms with Crippen molar-refractivity contribution in [3.63, 3.8) is 0 Å². The summed E-state index contributed by atoms with van der Waals surface area (Å²) in [6.07, 6.45) is 0. The fraction of sp³-hybridized carbons (Fsp3) is 0.259. The van der Waals surface area contributed by atoms with E-state index in [1.807, 2.05) is 6.92 Å². The van der Waals surface area contributed by atoms with Crippen LogP contribution >= 0.6 is 11.3 Å². The van der Waals surface area contributed by atoms with Crippen LogP contribution in [0.1, 0.15) is 45.0 Å². The molecule has 2 heterocycles. The van der Waals surface area contributed by atoms with E-state index in [0.29, 0.717) is 28.3 Å². The molecular formula is C27H26N2O7S. The SMILES string of the molecule is CCOC(=O)c1sc(N2C(=O)C(=O)C(=C(O)c3ccc(OC)c(C)c3)[C@H]2c2ccc(OC)cc2)nc1C. The predicted molar refractivity (Wildman–Crippen MR) is 138 cm³/mol. The van der Waals surface area contributed by atoms with Gasteiger partial charge in [-0.05, 0) is 62.2 Å². The number of aryl methyl sites for hydroxylation is 2. The van der Waals surface area contributed by atoms with Gasteiger partial charge in [-0.2, -0.15) is 0 Å². The lowest BCUT2D eigenvalue weighted by molar-refractivity contribution is -0.132. The average molecular weight is 523 g/mol. The Hall–Kier alpha value is -4.18. The zero-order valence-corrected chi connectivity index (χ0v) is 21.8. The Balaban J connectivity index is 1.91. The minimum absolute atomic E-state index is 0.0923. The highest BCUT2D eigenvalue weighted by atomic mass is 32.1. The van der Waals surface area contributed by atoms with Gasteiger partial charge in [0, 0.05) is 5.56 Å². The van der Waals surface area contributed by atoms with E-state index in [1.165, 1.54) is 19.1 Å². The molecule has 1 fully saturated rings. The Kier molecular flexibility index (Phi) is 7.30. The van der Waals surface area contributed by atoms with Crippen LogP contribution in [-0.2, 0) is 14.3 Å². The minimum atomic E-state index is -0.992. The number of carbonyl (C=O) groups is 3. The Morgan fingerprint density at radius 3 is 2.38 bits per heavy atom. The van der Waals surface area contributed by atoms with Crippen LogP contribution in [0, 0.1) is 13.8 Å². The van der Waals surface area contributed by atoms with Gasteiger partial charge in [-0.1, -0.05) is 23.5 Å². The van der Waals surface area contributed by atoms with Crippen molar-refractivity contribution in [1.82, 2.24) is 4.98 Å². The second-order valence-corrected chi connectivity index (χ2v) is 9.24. The number of aliphatic hydroxyl groups is 1. The van der Waals surface area contributed by atoms with Crippen molar-refractivity contribution in [2.24, 2.45) is 0 Å². The van der Waals surface area contributed by atoms with Gasteiger partial charge in [0.2, 0.25) is 0 Å². The quantitative estimate of drug-likeness (QED) is 0.208. The standard InChI is InChI=1S/C27H26N2O7S/c1-6-36-26(33)24-15(3)28-27(37-24)29-21(16-7-10-18(34-4)11-8-16)20(23(31)25(29)32)22(30)17-9-12-19(35-5)14(2)13-17/h7-13,21,30H,6H2,1-5H3/t21-/m1/s1. The fourth-order valence-corrected chi connectivity index (χ4v) is 5.17. The van der Waals surface area contributed by atoms with Gasteiger partial charge < -0.3 is 19.3 Å². The monoisotopic (exact) mass is 522 g/mol. The van der Waals surface area contributed by atoms with E-state index in [-0.39, 0.29) is 27.9 Å². The summed E-state index contributed by atoms with van der Waals surface area (Å²) in [4.78, 5) is 45.0. The summed E-state index contributed by atoms with van der Waals surface area (Å²) < 4.78 is 15.7. The van der Waals surface area contributed by atoms with Gasteiger partial charge in [0.25, 0.3) is 5.78 Å². The van der Waals surface area contributed by atoms with Crippen molar-refractivity contribution in [2.75, 3.05) is 25.7 Å². The molecule has 0 aliphatic carbocycles. The molecule has 4 rings (SSSR count). The molecule has 0 unspecified atom stereocenters. The molecule has 1 N–H and O–H groups in total. The maximum Gasteiger partial charge on any atom is 0.350 e. The van der Waals surface area contributed by atoms with Crippen LogP contribution in [0.4, 0.5) is 5.13 Å². The number of nitrogens with zero attached hydrogens (tertiary/aromatic N) is 2. The zero-order valence-electron chi connectivity index (χ0n) is 21.0. The number of hydrogen-bond acceptors (Lipinski definition) is 9. The number of benzene rings is 2. The summed E-state index contributed by atoms with van der Waals surface area (Å²) in [5.41, 5.74) is 1.94. The second kappa shape index (κ2) is 10.4. The average Bonchev–Trinajstić information content (AvgIpc) is 3.40. The van der Waals surface area contributed by atoms with Crippen molar-refractivity contribution in [1.29, 1.82) is 0 Å². The number of aromatic nitrogens is 1. The number of ketones is 1. The molecule has 2 aromatic carbocycles. The third-order valence-corrected chi connectivity index (χ3v) is 7.13. The highest BCUT2D eigenvalue weighted by Gasteiger charge is 2.48. The lowest BCUT2D eigenvalue weighted by Gasteiger charge is -2.23. The van der Waals surface area contributed by atoms with Crippen LogP contribution in [0.15, 0.2) is 48.0 Å². The van der Waals surface area contributed by atoms with Gasteiger partial charge in [0.05, 0.1) is 38.1 Å². The molecule has 1 atom stereocenters. The molecule has 3 aromatic rings. The lowest BCUT2D eigenvalue weighted by Crippen LogP contribution is -2.29. The van der Waals surface area contributed by atoms with E-state index < -0.39 is 23.7 Å². The second-order valence-electron chi connectivity index (χ2n) is 8.26. The Bertz CT molecular complexity index is 1410. The summed E-state index contributed by atoms with van der Waals surface area (Å²) in [6, 6.07) is 10.8. The first-order valence-corrected chi connectivity index (χ1v) is 12.3. The number of carbonyl (C=O) groups excluding carboxylic acids is 3. The number of ether oxygens (including phenoxy) is 3. The molecule has 0 spiro atoms. The summed E-state index contributed by atoms with van der Waals surface area (Å²) in [5, 5.41) is 11.5. The number of esters is 1. The molecule has 10 heteroatoms. The topological polar surface area (TPSA) is 115 Å². The molecule has 1 aliphatic heterocycles. The first-order valence-electron chi connectivity index (χ1n) is 11.5. The van der Waals surface area contributed by atoms with E-state index in [0.717, 1.165) is 16.9 Å². The number of hydrogen-bond donors (Lipinski definition) is 1. The summed E-state index contributed by atoms with van der Waals surface area (Å²) >= 11 is 0.955. The zero-order chi connectivity index (χ0) is 26.9. The van der Waals surface area contributed by atoms with Crippen molar-refractivity contribution >= 4 is 39.9 Å². The summed E-state index contributed by atoms with van der Waals surface area (Å²) in [6.45, 7) is 5.32. The number of aliphatic hydroxyl groups excluding tert-OH is 1. The van der Waals surface area contributed by atoms with Gasteiger partial charge >= 0.3 is 11.9 Å². The minimum Gasteiger partial charge on any atom is -0.507 e. The first-order chi connectivity index (χ1) is 17.7. The van der Waals surface area contributed by atoms with Crippen LogP contribution in [0.25, 0.3) is 5.76 Å². The smallest absolute Gasteiger partial charge is 0.350 e. The van der Waals surface area contributed by atoms with Gasteiger partial charge in [-0.3, -0.25) is 14.5 Å². The molecule has 37 heavy (non-hydrogen) atoms. The van der Waals surface area contributed by atoms with Crippen molar-refractivity contribution in [3.8, 4) is 11.5 Å². The largest absolute Gasteiger partial charge is 0.507 e. The highest BCUT2D eigenvalue weighted by molar-refractivity contribution is 7.17. The number of rotatable bonds is 7. The van der Waals surface area contributed by atoms with E-state index >= 15 is 0 Å². The van der Waals surface area contributed by atoms with Gasteiger partial charge in [-0.25, -0.2) is 9.78 Å². The molecular weight excluding hydrogens is 496 g/mol. The van der Waals surface area contributed by atoms with Crippen molar-refractivity contribution in [2.45, 2.75) is 26.8 Å². The number of methoxy groups -OCH3 is 2. The number of Topliss-reactive ketones (excluding diaryl/α,β-unsaturated/α-hetero) is 1. The maximum absolute atomic E-state index is 13.4. The van der Waals surface area contributed by atoms with Gasteiger partial charge in [0.1, 0.15) is 22.1 Å². The molecule has 192 valence electrons. The molecule has 0 saturated carbocycles. The van der Waals surface area contributed by atoms with Crippen molar-refractivity contribution in [3.05, 3.63) is 75.3 Å². The Labute approximate surface area is 217 Å². The van der Waals surface area contributed by atoms with Gasteiger partial charge in [0.15, 0.2) is 5.13 Å². The predicted octanol–water partition coefficient (Wildman–Crippen LogP) is 4.58. The molecule has 1 amide bonds. The maximum atomic E-state index is 13.4. The Morgan fingerprint density at radius 1 is 1.08 bits per heavy atom. The van der Waals surface area contributed by atoms with Crippen LogP contribution in [0.2, 0.25) is 0 Å². The number of anilines is 1. The third kappa shape index (κ3) is 4.67. The summed E-state index contributed by atoms with van der Waals surface area (Å²) in [7, 11) is 3.07. The van der Waals surface area contributed by atoms with Crippen LogP contribution in [0.3, 0.4) is 0 Å². The first kappa shape index (κ1) is 25.9. The molecule has 1 aliphatic rings. The van der Waals surface area contributed by atoms with E-state index in [4.69, 9.17) is 14.2 Å². The van der Waals surface area contributed by atoms with Crippen LogP contribution < -0.4 is 14.4 Å². The van der Waals surface area contributed by atoms with E-state index in [1.54, 1.807) is 56.3 Å². The van der Waals surface area contributed by atoms with Crippen molar-refractivity contribution < 1.29 is 33.7 Å². The normalized spacial score (nSPS) is 16.7. The number of thiazole rings is 1. The van der Waals surface area contributed by atoms with Crippen LogP contribution in [0.5, 0.6) is 11.5 Å². The molecule has 0 bridgehead atoms. The van der Waals surface area contributed by atoms with Gasteiger partial charge in [-0.15, -0.1) is 0 Å². The third-order valence-electron chi connectivity index (χ3n) is 6.00. The number of amides is 1. The fourth-order valence-electron chi connectivity index (χ4n) is 4.18. The Morgan fingerprint density at radius 2 is 1.78 bits per heavy atom. The van der Waals surface area contributed by atoms with E-state index in [2.05, 4.69) is 4.98 Å². The molecule has 0 radical (unpaired) electrons. The van der Waals surface area contributed by atoms with Crippen LogP contribution in [-0.4, -0.2) is 48.6 Å². The lowest BCUT2D eigenvalue weighted by atomic mass is 9.95. The summed E-state index contributed by atoms with van der Waals surface area (Å²) in [5.74, 6) is -1.41. The molecule has 1 saturated heterocycles. The molecule has 1 aromatic heterocycles. The molecule has 9 nitrogen and oxygen atoms in total.